The monoisotopic (exact) mass is 206 g/mol. The number of nitrogens with zero attached hydrogens (tertiary/aromatic N) is 1. The fraction of sp³-hybridized carbons (Fsp3) is 0.357. The van der Waals surface area contributed by atoms with Crippen molar-refractivity contribution in [3.8, 4) is 0 Å². The molecule has 0 spiro atoms. The molecule has 1 fully saturated rings. The molecule has 1 aliphatic heterocycles. The average molecular weight is 206 g/mol. The normalized spacial score (nSPS) is 18.8. The zero-order chi connectivity index (χ0) is 10.1. The number of hydrogen-bond acceptors (Lipinski definition) is 1. The van der Waals surface area contributed by atoms with E-state index in [4.69, 9.17) is 0 Å². The Labute approximate surface area is 110 Å². The van der Waals surface area contributed by atoms with E-state index < -0.39 is 0 Å². The Hall–Kier alpha value is -0.643. The van der Waals surface area contributed by atoms with Gasteiger partial charge < -0.3 is 4.90 Å². The summed E-state index contributed by atoms with van der Waals surface area (Å²) in [6, 6.07) is 8.68. The molecule has 0 N–H and O–H groups in total. The molecule has 3 rings (SSSR count). The number of benzene rings is 1. The van der Waals surface area contributed by atoms with Crippen LogP contribution in [0.1, 0.15) is 30.4 Å². The Morgan fingerprint density at radius 1 is 0.938 bits per heavy atom. The van der Waals surface area contributed by atoms with Crippen molar-refractivity contribution in [3.63, 3.8) is 0 Å². The molecule has 0 amide bonds. The second kappa shape index (κ2) is 5.12. The molecule has 1 saturated heterocycles. The first-order chi connectivity index (χ1) is 7.45. The summed E-state index contributed by atoms with van der Waals surface area (Å²) < 4.78 is 0. The zero-order valence-corrected chi connectivity index (χ0v) is 8.95. The van der Waals surface area contributed by atoms with Crippen molar-refractivity contribution in [1.82, 2.24) is 4.90 Å². The third-order valence-corrected chi connectivity index (χ3v) is 3.35. The fourth-order valence-electron chi connectivity index (χ4n) is 2.54. The third-order valence-electron chi connectivity index (χ3n) is 3.35. The van der Waals surface area contributed by atoms with Crippen molar-refractivity contribution >= 4 is 24.6 Å². The van der Waals surface area contributed by atoms with Crippen molar-refractivity contribution in [1.29, 1.82) is 0 Å². The van der Waals surface area contributed by atoms with Crippen LogP contribution in [0.2, 0.25) is 0 Å². The summed E-state index contributed by atoms with van der Waals surface area (Å²) in [7, 11) is 0. The molecule has 1 aliphatic carbocycles. The van der Waals surface area contributed by atoms with Gasteiger partial charge in [0, 0.05) is 30.8 Å². The maximum absolute atomic E-state index is 2.53. The van der Waals surface area contributed by atoms with Crippen LogP contribution in [0.15, 0.2) is 30.3 Å². The molecular weight excluding hydrogens is 189 g/mol. The Bertz CT molecular complexity index is 391. The van der Waals surface area contributed by atoms with Gasteiger partial charge in [-0.25, -0.2) is 0 Å². The molecule has 2 heteroatoms. The van der Waals surface area contributed by atoms with Crippen LogP contribution < -0.4 is 0 Å². The van der Waals surface area contributed by atoms with Crippen LogP contribution in [0.25, 0.3) is 5.70 Å². The summed E-state index contributed by atoms with van der Waals surface area (Å²) in [6.45, 7) is 2.46. The van der Waals surface area contributed by atoms with E-state index in [0.29, 0.717) is 0 Å². The minimum atomic E-state index is 0. The maximum atomic E-state index is 2.53. The Balaban J connectivity index is 0.000000963. The van der Waals surface area contributed by atoms with E-state index in [1.807, 2.05) is 0 Å². The van der Waals surface area contributed by atoms with Crippen LogP contribution in [0.5, 0.6) is 0 Å². The van der Waals surface area contributed by atoms with E-state index in [2.05, 4.69) is 41.7 Å². The minimum absolute atomic E-state index is 0. The Morgan fingerprint density at radius 3 is 2.50 bits per heavy atom. The van der Waals surface area contributed by atoms with Crippen molar-refractivity contribution in [2.75, 3.05) is 13.1 Å². The molecule has 1 aromatic rings. The first kappa shape index (κ1) is 11.8. The zero-order valence-electron chi connectivity index (χ0n) is 8.95. The number of hydrogen-bond donors (Lipinski definition) is 0. The summed E-state index contributed by atoms with van der Waals surface area (Å²) in [4.78, 5) is 2.53. The van der Waals surface area contributed by atoms with E-state index in [1.54, 1.807) is 0 Å². The van der Waals surface area contributed by atoms with Gasteiger partial charge in [-0.3, -0.25) is 0 Å². The van der Waals surface area contributed by atoms with Gasteiger partial charge in [-0.05, 0) is 24.8 Å². The second-order valence-corrected chi connectivity index (χ2v) is 4.35. The summed E-state index contributed by atoms with van der Waals surface area (Å²) in [5, 5.41) is 0. The predicted octanol–water partition coefficient (Wildman–Crippen LogP) is 2.43. The van der Waals surface area contributed by atoms with E-state index >= 15 is 0 Å². The quantitative estimate of drug-likeness (QED) is 0.638. The van der Waals surface area contributed by atoms with E-state index in [-0.39, 0.29) is 18.9 Å². The van der Waals surface area contributed by atoms with Gasteiger partial charge in [0.05, 0.1) is 0 Å². The van der Waals surface area contributed by atoms with E-state index in [9.17, 15) is 0 Å². The second-order valence-electron chi connectivity index (χ2n) is 4.35. The molecular formula is C14H17LiN. The van der Waals surface area contributed by atoms with Gasteiger partial charge in [-0.1, -0.05) is 30.3 Å². The first-order valence-electron chi connectivity index (χ1n) is 5.84. The molecule has 0 bridgehead atoms. The van der Waals surface area contributed by atoms with Crippen LogP contribution in [-0.2, 0) is 0 Å². The molecule has 0 aromatic heterocycles. The van der Waals surface area contributed by atoms with Crippen molar-refractivity contribution in [2.24, 2.45) is 0 Å². The molecule has 0 atom stereocenters. The number of fused-ring (bicyclic) bond motifs is 1. The molecule has 16 heavy (non-hydrogen) atoms. The molecule has 1 radical (unpaired) electrons. The van der Waals surface area contributed by atoms with Crippen LogP contribution in [0.4, 0.5) is 0 Å². The standard InChI is InChI=1S/C14H16N.Li.H/c1-4-10-15(11-5-1)14-9-8-12-6-2-3-7-13(12)14;;/h2-3,6-9H,1,4-5,10-11H2;;. The number of rotatable bonds is 1. The van der Waals surface area contributed by atoms with Gasteiger partial charge >= 0.3 is 18.9 Å². The van der Waals surface area contributed by atoms with Crippen LogP contribution in [0.3, 0.4) is 0 Å². The molecule has 0 saturated carbocycles. The molecule has 1 heterocycles. The van der Waals surface area contributed by atoms with Gasteiger partial charge in [0.25, 0.3) is 0 Å². The average Bonchev–Trinajstić information content (AvgIpc) is 2.74. The summed E-state index contributed by atoms with van der Waals surface area (Å²) >= 11 is 0. The Kier molecular flexibility index (Phi) is 3.79. The van der Waals surface area contributed by atoms with Gasteiger partial charge in [0.1, 0.15) is 0 Å². The van der Waals surface area contributed by atoms with Gasteiger partial charge in [-0.15, -0.1) is 0 Å². The number of likely N-dealkylation sites (tertiary alicyclic amines) is 1. The summed E-state index contributed by atoms with van der Waals surface area (Å²) in [5.74, 6) is 0. The number of piperidine rings is 1. The van der Waals surface area contributed by atoms with Gasteiger partial charge in [0.15, 0.2) is 0 Å². The molecule has 0 unspecified atom stereocenters. The predicted molar refractivity (Wildman–Crippen MR) is 70.4 cm³/mol. The van der Waals surface area contributed by atoms with Gasteiger partial charge in [-0.2, -0.15) is 0 Å². The third kappa shape index (κ3) is 2.07. The van der Waals surface area contributed by atoms with E-state index in [0.717, 1.165) is 0 Å². The van der Waals surface area contributed by atoms with Crippen molar-refractivity contribution < 1.29 is 0 Å². The SMILES string of the molecule is [CH]1C=C(N2CCCCC2)c2ccccc21.[LiH]. The molecule has 2 aliphatic rings. The van der Waals surface area contributed by atoms with Crippen LogP contribution >= 0.6 is 0 Å². The molecule has 79 valence electrons. The molecule has 1 nitrogen and oxygen atoms in total. The fourth-order valence-corrected chi connectivity index (χ4v) is 2.54. The molecule has 1 aromatic carbocycles. The first-order valence-corrected chi connectivity index (χ1v) is 5.84. The van der Waals surface area contributed by atoms with E-state index in [1.165, 1.54) is 49.2 Å². The summed E-state index contributed by atoms with van der Waals surface area (Å²) in [6.07, 6.45) is 8.60. The summed E-state index contributed by atoms with van der Waals surface area (Å²) in [5.41, 5.74) is 4.22. The van der Waals surface area contributed by atoms with Gasteiger partial charge in [0.2, 0.25) is 0 Å². The van der Waals surface area contributed by atoms with Crippen LogP contribution in [0, 0.1) is 6.42 Å². The Morgan fingerprint density at radius 2 is 1.69 bits per heavy atom. The van der Waals surface area contributed by atoms with Crippen molar-refractivity contribution in [2.45, 2.75) is 19.3 Å². The van der Waals surface area contributed by atoms with Crippen molar-refractivity contribution in [3.05, 3.63) is 47.9 Å². The number of allylic oxidation sites excluding steroid dienone is 1. The topological polar surface area (TPSA) is 3.24 Å². The van der Waals surface area contributed by atoms with Crippen LogP contribution in [-0.4, -0.2) is 36.9 Å².